The maximum atomic E-state index is 4.17. The molecule has 0 amide bonds. The first-order valence-electron chi connectivity index (χ1n) is 6.05. The van der Waals surface area contributed by atoms with Gasteiger partial charge in [0.05, 0.1) is 11.9 Å². The minimum Gasteiger partial charge on any atom is -0.278 e. The van der Waals surface area contributed by atoms with Crippen LogP contribution in [0.2, 0.25) is 0 Å². The monoisotopic (exact) mass is 234 g/mol. The highest BCUT2D eigenvalue weighted by atomic mass is 15.1. The summed E-state index contributed by atoms with van der Waals surface area (Å²) in [5.74, 6) is 0. The van der Waals surface area contributed by atoms with E-state index in [1.54, 1.807) is 0 Å². The Hall–Kier alpha value is -2.35. The average Bonchev–Trinajstić information content (AvgIpc) is 2.89. The summed E-state index contributed by atoms with van der Waals surface area (Å²) < 4.78 is 0. The van der Waals surface area contributed by atoms with Gasteiger partial charge < -0.3 is 0 Å². The molecule has 0 aliphatic carbocycles. The second kappa shape index (κ2) is 4.88. The normalized spacial score (nSPS) is 10.4. The summed E-state index contributed by atoms with van der Waals surface area (Å²) in [5, 5.41) is 7.26. The van der Waals surface area contributed by atoms with Gasteiger partial charge in [-0.25, -0.2) is 0 Å². The fourth-order valence-electron chi connectivity index (χ4n) is 2.12. The van der Waals surface area contributed by atoms with Gasteiger partial charge in [0.1, 0.15) is 0 Å². The molecule has 0 atom stereocenters. The van der Waals surface area contributed by atoms with Crippen LogP contribution in [0.5, 0.6) is 0 Å². The Morgan fingerprint density at radius 1 is 0.833 bits per heavy atom. The van der Waals surface area contributed by atoms with E-state index in [-0.39, 0.29) is 0 Å². The number of H-pyrrole nitrogens is 1. The van der Waals surface area contributed by atoms with Crippen LogP contribution in [-0.4, -0.2) is 10.2 Å². The molecule has 1 aromatic heterocycles. The summed E-state index contributed by atoms with van der Waals surface area (Å²) in [6.45, 7) is 0. The lowest BCUT2D eigenvalue weighted by atomic mass is 10.0. The van der Waals surface area contributed by atoms with E-state index < -0.39 is 0 Å². The van der Waals surface area contributed by atoms with Crippen molar-refractivity contribution in [1.29, 1.82) is 0 Å². The third kappa shape index (κ3) is 2.18. The molecule has 0 bridgehead atoms. The lowest BCUT2D eigenvalue weighted by Gasteiger charge is -2.03. The summed E-state index contributed by atoms with van der Waals surface area (Å²) in [5.41, 5.74) is 4.82. The average molecular weight is 234 g/mol. The van der Waals surface area contributed by atoms with Crippen molar-refractivity contribution in [2.45, 2.75) is 6.42 Å². The molecule has 0 radical (unpaired) electrons. The molecule has 0 fully saturated rings. The van der Waals surface area contributed by atoms with Crippen LogP contribution >= 0.6 is 0 Å². The number of hydrogen-bond donors (Lipinski definition) is 1. The molecular weight excluding hydrogens is 220 g/mol. The first kappa shape index (κ1) is 10.8. The number of aromatic nitrogens is 2. The van der Waals surface area contributed by atoms with E-state index in [1.165, 1.54) is 16.7 Å². The van der Waals surface area contributed by atoms with Crippen molar-refractivity contribution in [3.05, 3.63) is 78.0 Å². The second-order valence-corrected chi connectivity index (χ2v) is 4.30. The van der Waals surface area contributed by atoms with Crippen LogP contribution in [0.3, 0.4) is 0 Å². The molecule has 0 aliphatic rings. The van der Waals surface area contributed by atoms with Crippen LogP contribution < -0.4 is 0 Å². The predicted molar refractivity (Wildman–Crippen MR) is 73.3 cm³/mol. The molecule has 2 heteroatoms. The van der Waals surface area contributed by atoms with E-state index in [4.69, 9.17) is 0 Å². The third-order valence-electron chi connectivity index (χ3n) is 3.02. The molecule has 88 valence electrons. The third-order valence-corrected chi connectivity index (χ3v) is 3.02. The van der Waals surface area contributed by atoms with Crippen LogP contribution in [0, 0.1) is 0 Å². The van der Waals surface area contributed by atoms with Crippen molar-refractivity contribution in [3.63, 3.8) is 0 Å². The van der Waals surface area contributed by atoms with Gasteiger partial charge >= 0.3 is 0 Å². The molecule has 2 aromatic carbocycles. The number of nitrogens with one attached hydrogen (secondary N) is 1. The zero-order chi connectivity index (χ0) is 12.2. The van der Waals surface area contributed by atoms with Crippen LogP contribution in [0.25, 0.3) is 11.3 Å². The van der Waals surface area contributed by atoms with Crippen LogP contribution in [-0.2, 0) is 6.42 Å². The standard InChI is InChI=1S/C16H14N2/c1-3-7-13(8-4-1)11-15-12-17-18-16(15)14-9-5-2-6-10-14/h1-10,12H,11H2,(H,17,18). The molecule has 3 aromatic rings. The summed E-state index contributed by atoms with van der Waals surface area (Å²) in [6, 6.07) is 20.8. The quantitative estimate of drug-likeness (QED) is 0.736. The van der Waals surface area contributed by atoms with Crippen molar-refractivity contribution >= 4 is 0 Å². The van der Waals surface area contributed by atoms with Gasteiger partial charge in [-0.15, -0.1) is 0 Å². The maximum Gasteiger partial charge on any atom is 0.0685 e. The Balaban J connectivity index is 1.93. The molecule has 0 saturated heterocycles. The van der Waals surface area contributed by atoms with Crippen molar-refractivity contribution in [1.82, 2.24) is 10.2 Å². The van der Waals surface area contributed by atoms with Crippen LogP contribution in [0.15, 0.2) is 66.9 Å². The Kier molecular flexibility index (Phi) is 2.92. The molecule has 0 spiro atoms. The van der Waals surface area contributed by atoms with Gasteiger partial charge in [-0.3, -0.25) is 5.10 Å². The molecule has 1 N–H and O–H groups in total. The van der Waals surface area contributed by atoms with Gasteiger partial charge in [0.15, 0.2) is 0 Å². The van der Waals surface area contributed by atoms with E-state index in [0.717, 1.165) is 12.1 Å². The molecule has 0 aliphatic heterocycles. The molecule has 1 heterocycles. The number of nitrogens with zero attached hydrogens (tertiary/aromatic N) is 1. The highest BCUT2D eigenvalue weighted by molar-refractivity contribution is 5.63. The fourth-order valence-corrected chi connectivity index (χ4v) is 2.12. The Labute approximate surface area is 106 Å². The van der Waals surface area contributed by atoms with E-state index in [9.17, 15) is 0 Å². The minimum atomic E-state index is 0.904. The summed E-state index contributed by atoms with van der Waals surface area (Å²) in [6.07, 6.45) is 2.82. The predicted octanol–water partition coefficient (Wildman–Crippen LogP) is 3.67. The van der Waals surface area contributed by atoms with Gasteiger partial charge in [-0.2, -0.15) is 5.10 Å². The van der Waals surface area contributed by atoms with Crippen LogP contribution in [0.1, 0.15) is 11.1 Å². The Morgan fingerprint density at radius 2 is 1.50 bits per heavy atom. The highest BCUT2D eigenvalue weighted by Crippen LogP contribution is 2.22. The van der Waals surface area contributed by atoms with E-state index in [2.05, 4.69) is 46.6 Å². The Morgan fingerprint density at radius 3 is 2.22 bits per heavy atom. The highest BCUT2D eigenvalue weighted by Gasteiger charge is 2.07. The van der Waals surface area contributed by atoms with E-state index in [1.807, 2.05) is 30.5 Å². The summed E-state index contributed by atoms with van der Waals surface area (Å²) >= 11 is 0. The zero-order valence-corrected chi connectivity index (χ0v) is 10.0. The largest absolute Gasteiger partial charge is 0.278 e. The number of aromatic amines is 1. The van der Waals surface area contributed by atoms with Gasteiger partial charge in [-0.1, -0.05) is 60.7 Å². The smallest absolute Gasteiger partial charge is 0.0685 e. The molecule has 3 rings (SSSR count). The molecule has 2 nitrogen and oxygen atoms in total. The SMILES string of the molecule is c1ccc(Cc2cn[nH]c2-c2ccccc2)cc1. The van der Waals surface area contributed by atoms with Crippen LogP contribution in [0.4, 0.5) is 0 Å². The van der Waals surface area contributed by atoms with E-state index in [0.29, 0.717) is 0 Å². The van der Waals surface area contributed by atoms with Gasteiger partial charge in [0.2, 0.25) is 0 Å². The molecule has 0 saturated carbocycles. The number of rotatable bonds is 3. The zero-order valence-electron chi connectivity index (χ0n) is 10.0. The first-order valence-corrected chi connectivity index (χ1v) is 6.05. The van der Waals surface area contributed by atoms with Crippen molar-refractivity contribution in [2.24, 2.45) is 0 Å². The van der Waals surface area contributed by atoms with E-state index >= 15 is 0 Å². The minimum absolute atomic E-state index is 0.904. The summed E-state index contributed by atoms with van der Waals surface area (Å²) in [4.78, 5) is 0. The first-order chi connectivity index (χ1) is 8.93. The lowest BCUT2D eigenvalue weighted by molar-refractivity contribution is 1.10. The van der Waals surface area contributed by atoms with Crippen molar-refractivity contribution in [2.75, 3.05) is 0 Å². The summed E-state index contributed by atoms with van der Waals surface area (Å²) in [7, 11) is 0. The van der Waals surface area contributed by atoms with Crippen molar-refractivity contribution < 1.29 is 0 Å². The molecule has 0 unspecified atom stereocenters. The second-order valence-electron chi connectivity index (χ2n) is 4.30. The fraction of sp³-hybridized carbons (Fsp3) is 0.0625. The lowest BCUT2D eigenvalue weighted by Crippen LogP contribution is -1.89. The van der Waals surface area contributed by atoms with Gasteiger partial charge in [0, 0.05) is 12.0 Å². The number of hydrogen-bond acceptors (Lipinski definition) is 1. The maximum absolute atomic E-state index is 4.17. The number of benzene rings is 2. The van der Waals surface area contributed by atoms with Gasteiger partial charge in [-0.05, 0) is 11.1 Å². The van der Waals surface area contributed by atoms with Gasteiger partial charge in [0.25, 0.3) is 0 Å². The van der Waals surface area contributed by atoms with Crippen molar-refractivity contribution in [3.8, 4) is 11.3 Å². The molecule has 18 heavy (non-hydrogen) atoms. The molecular formula is C16H14N2. The topological polar surface area (TPSA) is 28.7 Å². The Bertz CT molecular complexity index is 612.